The highest BCUT2D eigenvalue weighted by molar-refractivity contribution is 14.0. The molecule has 2 aliphatic rings. The van der Waals surface area contributed by atoms with Gasteiger partial charge in [-0.1, -0.05) is 6.92 Å². The molecule has 32 heavy (non-hydrogen) atoms. The lowest BCUT2D eigenvalue weighted by Crippen LogP contribution is -2.48. The van der Waals surface area contributed by atoms with E-state index in [-0.39, 0.29) is 24.0 Å². The Balaban J connectivity index is 0.00000363. The molecular weight excluding hydrogens is 515 g/mol. The highest BCUT2D eigenvalue weighted by Gasteiger charge is 2.31. The van der Waals surface area contributed by atoms with E-state index in [9.17, 15) is 0 Å². The summed E-state index contributed by atoms with van der Waals surface area (Å²) in [7, 11) is 3.58. The third-order valence-electron chi connectivity index (χ3n) is 6.67. The predicted molar refractivity (Wildman–Crippen MR) is 146 cm³/mol. The minimum Gasteiger partial charge on any atom is -0.497 e. The summed E-state index contributed by atoms with van der Waals surface area (Å²) in [5.74, 6) is 2.49. The molecule has 2 fully saturated rings. The molecule has 2 N–H and O–H groups in total. The second-order valence-corrected chi connectivity index (χ2v) is 9.16. The summed E-state index contributed by atoms with van der Waals surface area (Å²) in [6, 6.07) is 9.47. The zero-order valence-electron chi connectivity index (χ0n) is 20.5. The van der Waals surface area contributed by atoms with E-state index in [4.69, 9.17) is 4.74 Å². The second kappa shape index (κ2) is 13.4. The Hall–Kier alpha value is -1.26. The lowest BCUT2D eigenvalue weighted by atomic mass is 10.1. The van der Waals surface area contributed by atoms with E-state index in [2.05, 4.69) is 63.2 Å². The van der Waals surface area contributed by atoms with Gasteiger partial charge in [-0.05, 0) is 57.0 Å². The maximum absolute atomic E-state index is 5.26. The van der Waals surface area contributed by atoms with Crippen LogP contribution in [0.5, 0.6) is 5.75 Å². The fourth-order valence-electron chi connectivity index (χ4n) is 4.52. The van der Waals surface area contributed by atoms with E-state index >= 15 is 0 Å². The quantitative estimate of drug-likeness (QED) is 0.222. The van der Waals surface area contributed by atoms with Crippen LogP contribution in [0.1, 0.15) is 27.2 Å². The number of methoxy groups -OCH3 is 1. The molecule has 0 spiro atoms. The smallest absolute Gasteiger partial charge is 0.191 e. The number of halogens is 1. The van der Waals surface area contributed by atoms with Crippen LogP contribution in [0, 0.1) is 5.92 Å². The molecule has 0 radical (unpaired) electrons. The molecule has 8 heteroatoms. The molecule has 0 amide bonds. The van der Waals surface area contributed by atoms with Crippen molar-refractivity contribution >= 4 is 35.6 Å². The summed E-state index contributed by atoms with van der Waals surface area (Å²) in [5, 5.41) is 7.16. The molecule has 182 valence electrons. The fourth-order valence-corrected chi connectivity index (χ4v) is 4.52. The van der Waals surface area contributed by atoms with Gasteiger partial charge in [0.15, 0.2) is 5.96 Å². The molecule has 7 nitrogen and oxygen atoms in total. The lowest BCUT2D eigenvalue weighted by molar-refractivity contribution is 0.255. The van der Waals surface area contributed by atoms with Gasteiger partial charge in [0, 0.05) is 70.6 Å². The summed E-state index contributed by atoms with van der Waals surface area (Å²) in [6.45, 7) is 15.6. The number of nitrogens with one attached hydrogen (secondary N) is 2. The summed E-state index contributed by atoms with van der Waals surface area (Å²) in [4.78, 5) is 12.0. The Morgan fingerprint density at radius 1 is 1.12 bits per heavy atom. The Kier molecular flexibility index (Phi) is 11.3. The molecule has 0 aliphatic carbocycles. The van der Waals surface area contributed by atoms with Gasteiger partial charge < -0.3 is 20.3 Å². The first-order valence-corrected chi connectivity index (χ1v) is 11.8. The van der Waals surface area contributed by atoms with Gasteiger partial charge >= 0.3 is 0 Å². The van der Waals surface area contributed by atoms with E-state index in [0.29, 0.717) is 18.0 Å². The predicted octanol–water partition coefficient (Wildman–Crippen LogP) is 2.72. The van der Waals surface area contributed by atoms with Crippen LogP contribution < -0.4 is 20.3 Å². The van der Waals surface area contributed by atoms with Crippen molar-refractivity contribution in [2.75, 3.05) is 71.4 Å². The molecule has 1 aromatic rings. The van der Waals surface area contributed by atoms with Crippen molar-refractivity contribution < 1.29 is 4.74 Å². The Morgan fingerprint density at radius 3 is 2.38 bits per heavy atom. The van der Waals surface area contributed by atoms with Crippen LogP contribution in [-0.2, 0) is 0 Å². The monoisotopic (exact) mass is 558 g/mol. The van der Waals surface area contributed by atoms with Gasteiger partial charge in [-0.2, -0.15) is 0 Å². The van der Waals surface area contributed by atoms with Crippen LogP contribution in [0.2, 0.25) is 0 Å². The Morgan fingerprint density at radius 2 is 1.81 bits per heavy atom. The molecule has 0 aromatic heterocycles. The van der Waals surface area contributed by atoms with E-state index in [1.54, 1.807) is 7.11 Å². The summed E-state index contributed by atoms with van der Waals surface area (Å²) < 4.78 is 5.26. The van der Waals surface area contributed by atoms with Crippen molar-refractivity contribution in [3.8, 4) is 5.75 Å². The van der Waals surface area contributed by atoms with E-state index in [1.807, 2.05) is 19.2 Å². The van der Waals surface area contributed by atoms with Gasteiger partial charge in [0.05, 0.1) is 7.11 Å². The van der Waals surface area contributed by atoms with Gasteiger partial charge in [-0.3, -0.25) is 14.8 Å². The molecule has 2 unspecified atom stereocenters. The van der Waals surface area contributed by atoms with Crippen LogP contribution in [-0.4, -0.2) is 94.4 Å². The van der Waals surface area contributed by atoms with Crippen molar-refractivity contribution in [3.05, 3.63) is 24.3 Å². The summed E-state index contributed by atoms with van der Waals surface area (Å²) in [5.41, 5.74) is 1.29. The molecule has 2 heterocycles. The van der Waals surface area contributed by atoms with Crippen LogP contribution in [0.15, 0.2) is 29.3 Å². The average Bonchev–Trinajstić information content (AvgIpc) is 3.17. The maximum Gasteiger partial charge on any atom is 0.191 e. The molecule has 0 bridgehead atoms. The molecule has 2 saturated heterocycles. The number of hydrogen-bond acceptors (Lipinski definition) is 5. The standard InChI is InChI=1S/C24H42N6O.HI/c1-19(2)30-17-20(3)23(18-30)27-24(25-4)26-11-6-12-28-13-15-29(16-14-28)21-7-9-22(31-5)10-8-21;/h7-10,19-20,23H,6,11-18H2,1-5H3,(H2,25,26,27);1H. The summed E-state index contributed by atoms with van der Waals surface area (Å²) >= 11 is 0. The van der Waals surface area contributed by atoms with Gasteiger partial charge in [0.25, 0.3) is 0 Å². The fraction of sp³-hybridized carbons (Fsp3) is 0.708. The molecule has 1 aromatic carbocycles. The Bertz CT molecular complexity index is 690. The number of rotatable bonds is 8. The minimum absolute atomic E-state index is 0. The molecule has 3 rings (SSSR count). The van der Waals surface area contributed by atoms with Crippen molar-refractivity contribution in [1.82, 2.24) is 20.4 Å². The van der Waals surface area contributed by atoms with Crippen LogP contribution in [0.4, 0.5) is 5.69 Å². The number of guanidine groups is 1. The number of nitrogens with zero attached hydrogens (tertiary/aromatic N) is 4. The van der Waals surface area contributed by atoms with Crippen LogP contribution in [0.3, 0.4) is 0 Å². The molecule has 2 atom stereocenters. The highest BCUT2D eigenvalue weighted by atomic mass is 127. The minimum atomic E-state index is 0. The van der Waals surface area contributed by atoms with Gasteiger partial charge in [-0.25, -0.2) is 0 Å². The first-order valence-electron chi connectivity index (χ1n) is 11.8. The number of likely N-dealkylation sites (tertiary alicyclic amines) is 1. The molecule has 0 saturated carbocycles. The molecular formula is C24H43IN6O. The van der Waals surface area contributed by atoms with Crippen LogP contribution >= 0.6 is 24.0 Å². The zero-order valence-corrected chi connectivity index (χ0v) is 22.8. The van der Waals surface area contributed by atoms with Crippen molar-refractivity contribution in [2.45, 2.75) is 39.3 Å². The Labute approximate surface area is 212 Å². The molecule has 2 aliphatic heterocycles. The maximum atomic E-state index is 5.26. The first-order chi connectivity index (χ1) is 15.0. The number of ether oxygens (including phenoxy) is 1. The second-order valence-electron chi connectivity index (χ2n) is 9.16. The number of hydrogen-bond donors (Lipinski definition) is 2. The lowest BCUT2D eigenvalue weighted by Gasteiger charge is -2.36. The van der Waals surface area contributed by atoms with Crippen molar-refractivity contribution in [2.24, 2.45) is 10.9 Å². The number of piperazine rings is 1. The topological polar surface area (TPSA) is 55.4 Å². The van der Waals surface area contributed by atoms with Gasteiger partial charge in [0.1, 0.15) is 5.75 Å². The first kappa shape index (κ1) is 27.0. The summed E-state index contributed by atoms with van der Waals surface area (Å²) in [6.07, 6.45) is 1.13. The van der Waals surface area contributed by atoms with E-state index < -0.39 is 0 Å². The van der Waals surface area contributed by atoms with E-state index in [0.717, 1.165) is 70.5 Å². The van der Waals surface area contributed by atoms with Gasteiger partial charge in [-0.15, -0.1) is 24.0 Å². The highest BCUT2D eigenvalue weighted by Crippen LogP contribution is 2.21. The zero-order chi connectivity index (χ0) is 22.2. The normalized spacial score (nSPS) is 22.7. The SMILES string of the molecule is CN=C(NCCCN1CCN(c2ccc(OC)cc2)CC1)NC1CN(C(C)C)CC1C.I. The van der Waals surface area contributed by atoms with Crippen LogP contribution in [0.25, 0.3) is 0 Å². The van der Waals surface area contributed by atoms with Crippen molar-refractivity contribution in [3.63, 3.8) is 0 Å². The average molecular weight is 559 g/mol. The third-order valence-corrected chi connectivity index (χ3v) is 6.67. The number of benzene rings is 1. The van der Waals surface area contributed by atoms with Crippen molar-refractivity contribution in [1.29, 1.82) is 0 Å². The largest absolute Gasteiger partial charge is 0.497 e. The number of aliphatic imine (C=N–C) groups is 1. The number of anilines is 1. The third kappa shape index (κ3) is 7.66. The van der Waals surface area contributed by atoms with E-state index in [1.165, 1.54) is 5.69 Å². The van der Waals surface area contributed by atoms with Gasteiger partial charge in [0.2, 0.25) is 0 Å².